The molecule has 0 atom stereocenters. The molecule has 21 heavy (non-hydrogen) atoms. The van der Waals surface area contributed by atoms with Crippen LogP contribution >= 0.6 is 0 Å². The van der Waals surface area contributed by atoms with Gasteiger partial charge in [-0.2, -0.15) is 0 Å². The number of hydrogen-bond donors (Lipinski definition) is 0. The Hall–Kier alpha value is -2.28. The Morgan fingerprint density at radius 1 is 0.762 bits per heavy atom. The third-order valence-corrected chi connectivity index (χ3v) is 4.20. The first kappa shape index (κ1) is 12.5. The lowest BCUT2D eigenvalue weighted by Crippen LogP contribution is -2.11. The molecule has 1 heterocycles. The van der Waals surface area contributed by atoms with Crippen molar-refractivity contribution < 1.29 is 4.42 Å². The molecule has 0 saturated carbocycles. The highest BCUT2D eigenvalue weighted by Gasteiger charge is 2.20. The smallest absolute Gasteiger partial charge is 0.143 e. The summed E-state index contributed by atoms with van der Waals surface area (Å²) in [5.74, 6) is 0. The summed E-state index contributed by atoms with van der Waals surface area (Å²) >= 11 is 0. The van der Waals surface area contributed by atoms with Crippen molar-refractivity contribution in [2.24, 2.45) is 0 Å². The molecule has 0 fully saturated rings. The van der Waals surface area contributed by atoms with E-state index in [-0.39, 0.29) is 5.41 Å². The summed E-state index contributed by atoms with van der Waals surface area (Å²) in [6.07, 6.45) is 0. The zero-order valence-corrected chi connectivity index (χ0v) is 12.6. The molecule has 4 rings (SSSR count). The molecule has 0 radical (unpaired) electrons. The lowest BCUT2D eigenvalue weighted by Gasteiger charge is -2.19. The fraction of sp³-hybridized carbons (Fsp3) is 0.200. The molecule has 0 aliphatic carbocycles. The summed E-state index contributed by atoms with van der Waals surface area (Å²) in [5, 5.41) is 4.88. The van der Waals surface area contributed by atoms with Crippen LogP contribution in [-0.4, -0.2) is 0 Å². The van der Waals surface area contributed by atoms with E-state index in [0.29, 0.717) is 0 Å². The average molecular weight is 274 g/mol. The first-order valence-corrected chi connectivity index (χ1v) is 7.39. The third kappa shape index (κ3) is 1.77. The molecule has 3 aromatic carbocycles. The van der Waals surface area contributed by atoms with Crippen molar-refractivity contribution in [1.82, 2.24) is 0 Å². The van der Waals surface area contributed by atoms with Gasteiger partial charge in [0.25, 0.3) is 0 Å². The molecule has 4 aromatic rings. The Morgan fingerprint density at radius 3 is 2.38 bits per heavy atom. The fourth-order valence-electron chi connectivity index (χ4n) is 3.18. The minimum atomic E-state index is 0.0992. The molecule has 1 nitrogen and oxygen atoms in total. The maximum Gasteiger partial charge on any atom is 0.143 e. The molecular formula is C20H18O. The Balaban J connectivity index is 2.25. The van der Waals surface area contributed by atoms with Crippen LogP contribution in [-0.2, 0) is 5.41 Å². The van der Waals surface area contributed by atoms with Gasteiger partial charge in [-0.3, -0.25) is 0 Å². The number of rotatable bonds is 0. The van der Waals surface area contributed by atoms with Gasteiger partial charge in [0.05, 0.1) is 0 Å². The summed E-state index contributed by atoms with van der Waals surface area (Å²) in [6.45, 7) is 6.75. The van der Waals surface area contributed by atoms with E-state index in [1.165, 1.54) is 27.1 Å². The van der Waals surface area contributed by atoms with Crippen LogP contribution in [0.25, 0.3) is 32.7 Å². The monoisotopic (exact) mass is 274 g/mol. The minimum absolute atomic E-state index is 0.0992. The number of benzene rings is 3. The highest BCUT2D eigenvalue weighted by atomic mass is 16.3. The van der Waals surface area contributed by atoms with Gasteiger partial charge in [0.15, 0.2) is 0 Å². The van der Waals surface area contributed by atoms with E-state index < -0.39 is 0 Å². The molecule has 0 spiro atoms. The third-order valence-electron chi connectivity index (χ3n) is 4.20. The van der Waals surface area contributed by atoms with Crippen LogP contribution in [0.4, 0.5) is 0 Å². The molecule has 0 N–H and O–H groups in total. The van der Waals surface area contributed by atoms with E-state index in [9.17, 15) is 0 Å². The van der Waals surface area contributed by atoms with Gasteiger partial charge in [0.1, 0.15) is 11.2 Å². The molecule has 1 heteroatoms. The zero-order chi connectivity index (χ0) is 14.6. The van der Waals surface area contributed by atoms with Crippen molar-refractivity contribution in [3.05, 3.63) is 60.2 Å². The van der Waals surface area contributed by atoms with Gasteiger partial charge in [0, 0.05) is 16.2 Å². The van der Waals surface area contributed by atoms with E-state index in [1.54, 1.807) is 0 Å². The van der Waals surface area contributed by atoms with Gasteiger partial charge in [-0.25, -0.2) is 0 Å². The highest BCUT2D eigenvalue weighted by molar-refractivity contribution is 6.16. The standard InChI is InChI=1S/C20H18O/c1-20(2,3)16-9-6-10-17-18(16)15-12-11-13-7-4-5-8-14(13)19(15)21-17/h4-12H,1-3H3. The summed E-state index contributed by atoms with van der Waals surface area (Å²) < 4.78 is 6.20. The van der Waals surface area contributed by atoms with E-state index in [1.807, 2.05) is 0 Å². The van der Waals surface area contributed by atoms with E-state index >= 15 is 0 Å². The molecule has 0 aliphatic rings. The molecule has 0 amide bonds. The molecule has 0 unspecified atom stereocenters. The van der Waals surface area contributed by atoms with Crippen molar-refractivity contribution in [3.8, 4) is 0 Å². The largest absolute Gasteiger partial charge is 0.455 e. The maximum atomic E-state index is 6.20. The van der Waals surface area contributed by atoms with Crippen molar-refractivity contribution >= 4 is 32.7 Å². The zero-order valence-electron chi connectivity index (χ0n) is 12.6. The second kappa shape index (κ2) is 4.11. The van der Waals surface area contributed by atoms with Crippen LogP contribution in [0.3, 0.4) is 0 Å². The lowest BCUT2D eigenvalue weighted by atomic mass is 9.84. The van der Waals surface area contributed by atoms with E-state index in [4.69, 9.17) is 4.42 Å². The quantitative estimate of drug-likeness (QED) is 0.381. The van der Waals surface area contributed by atoms with Crippen molar-refractivity contribution in [2.75, 3.05) is 0 Å². The molecule has 0 aliphatic heterocycles. The first-order chi connectivity index (χ1) is 10.1. The average Bonchev–Trinajstić information content (AvgIpc) is 2.85. The van der Waals surface area contributed by atoms with Gasteiger partial charge in [0.2, 0.25) is 0 Å². The van der Waals surface area contributed by atoms with E-state index in [0.717, 1.165) is 11.2 Å². The van der Waals surface area contributed by atoms with Gasteiger partial charge >= 0.3 is 0 Å². The SMILES string of the molecule is CC(C)(C)c1cccc2oc3c4ccccc4ccc3c12. The van der Waals surface area contributed by atoms with Crippen LogP contribution in [0.5, 0.6) is 0 Å². The van der Waals surface area contributed by atoms with Crippen LogP contribution < -0.4 is 0 Å². The summed E-state index contributed by atoms with van der Waals surface area (Å²) in [5.41, 5.74) is 3.42. The Labute approximate surface area is 124 Å². The molecule has 0 bridgehead atoms. The topological polar surface area (TPSA) is 13.1 Å². The fourth-order valence-corrected chi connectivity index (χ4v) is 3.18. The normalized spacial score (nSPS) is 12.5. The predicted molar refractivity (Wildman–Crippen MR) is 89.9 cm³/mol. The lowest BCUT2D eigenvalue weighted by molar-refractivity contribution is 0.595. The number of fused-ring (bicyclic) bond motifs is 5. The summed E-state index contributed by atoms with van der Waals surface area (Å²) in [7, 11) is 0. The van der Waals surface area contributed by atoms with Crippen LogP contribution in [0.1, 0.15) is 26.3 Å². The summed E-state index contributed by atoms with van der Waals surface area (Å²) in [4.78, 5) is 0. The molecule has 0 saturated heterocycles. The minimum Gasteiger partial charge on any atom is -0.455 e. The predicted octanol–water partition coefficient (Wildman–Crippen LogP) is 6.04. The second-order valence-corrected chi connectivity index (χ2v) is 6.69. The second-order valence-electron chi connectivity index (χ2n) is 6.69. The van der Waals surface area contributed by atoms with Crippen molar-refractivity contribution in [3.63, 3.8) is 0 Å². The molecular weight excluding hydrogens is 256 g/mol. The van der Waals surface area contributed by atoms with Gasteiger partial charge in [-0.05, 0) is 28.5 Å². The number of furan rings is 1. The van der Waals surface area contributed by atoms with Crippen LogP contribution in [0.2, 0.25) is 0 Å². The summed E-state index contributed by atoms with van der Waals surface area (Å²) in [6, 6.07) is 19.2. The van der Waals surface area contributed by atoms with Crippen LogP contribution in [0.15, 0.2) is 59.0 Å². The number of hydrogen-bond acceptors (Lipinski definition) is 1. The maximum absolute atomic E-state index is 6.20. The van der Waals surface area contributed by atoms with E-state index in [2.05, 4.69) is 75.4 Å². The Bertz CT molecular complexity index is 968. The van der Waals surface area contributed by atoms with Crippen molar-refractivity contribution in [1.29, 1.82) is 0 Å². The van der Waals surface area contributed by atoms with Crippen LogP contribution in [0, 0.1) is 0 Å². The van der Waals surface area contributed by atoms with Crippen molar-refractivity contribution in [2.45, 2.75) is 26.2 Å². The Morgan fingerprint density at radius 2 is 1.57 bits per heavy atom. The highest BCUT2D eigenvalue weighted by Crippen LogP contribution is 2.39. The molecule has 1 aromatic heterocycles. The van der Waals surface area contributed by atoms with Gasteiger partial charge < -0.3 is 4.42 Å². The Kier molecular flexibility index (Phi) is 2.44. The van der Waals surface area contributed by atoms with Gasteiger partial charge in [-0.15, -0.1) is 0 Å². The van der Waals surface area contributed by atoms with Gasteiger partial charge in [-0.1, -0.05) is 63.2 Å². The first-order valence-electron chi connectivity index (χ1n) is 7.39. The molecule has 104 valence electrons.